The van der Waals surface area contributed by atoms with Gasteiger partial charge in [0.15, 0.2) is 0 Å². The monoisotopic (exact) mass is 572 g/mol. The van der Waals surface area contributed by atoms with Crippen molar-refractivity contribution in [2.45, 2.75) is 65.2 Å². The van der Waals surface area contributed by atoms with Crippen LogP contribution in [-0.4, -0.2) is 5.43 Å². The largest absolute Gasteiger partial charge is 1.00 e. The van der Waals surface area contributed by atoms with Gasteiger partial charge in [0, 0.05) is 0 Å². The van der Waals surface area contributed by atoms with Crippen LogP contribution in [0.2, 0.25) is 13.1 Å². The first-order valence-electron chi connectivity index (χ1n) is 11.6. The Hall–Kier alpha value is -0.660. The second-order valence-corrected chi connectivity index (χ2v) is 27.2. The summed E-state index contributed by atoms with van der Waals surface area (Å²) in [6.07, 6.45) is 0. The number of benzene rings is 2. The van der Waals surface area contributed by atoms with Gasteiger partial charge in [-0.3, -0.25) is 0 Å². The van der Waals surface area contributed by atoms with E-state index < -0.39 is 20.4 Å². The van der Waals surface area contributed by atoms with Crippen LogP contribution < -0.4 is 24.8 Å². The van der Waals surface area contributed by atoms with Crippen LogP contribution in [0, 0.1) is 19.8 Å². The Kier molecular flexibility index (Phi) is 9.48. The SMILES string of the molecule is CC1=C(C)C(C)[C]([Zr+2]([CH]2C(C)=C(c3ccccc3)c3c(C)ccc(C)c32)=[Si](C)C)=C1C.[Cl-].[Cl-]. The van der Waals surface area contributed by atoms with Crippen molar-refractivity contribution in [3.8, 4) is 0 Å². The molecule has 0 spiro atoms. The minimum atomic E-state index is -2.00. The fraction of sp³-hybridized carbons (Fsp3) is 0.379. The molecule has 2 aromatic carbocycles. The van der Waals surface area contributed by atoms with Gasteiger partial charge in [-0.2, -0.15) is 0 Å². The van der Waals surface area contributed by atoms with Crippen molar-refractivity contribution in [1.29, 1.82) is 0 Å². The molecule has 2 unspecified atom stereocenters. The molecule has 33 heavy (non-hydrogen) atoms. The van der Waals surface area contributed by atoms with Crippen molar-refractivity contribution in [2.24, 2.45) is 5.92 Å². The second kappa shape index (κ2) is 10.9. The third-order valence-corrected chi connectivity index (χ3v) is 26.8. The summed E-state index contributed by atoms with van der Waals surface area (Å²) in [7, 11) is 0. The van der Waals surface area contributed by atoms with E-state index in [1.54, 1.807) is 33.4 Å². The normalized spacial score (nSPS) is 19.2. The number of hydrogen-bond donors (Lipinski definition) is 0. The van der Waals surface area contributed by atoms with E-state index in [0.717, 1.165) is 0 Å². The Morgan fingerprint density at radius 2 is 1.30 bits per heavy atom. The Bertz CT molecular complexity index is 1210. The van der Waals surface area contributed by atoms with Gasteiger partial charge < -0.3 is 24.8 Å². The van der Waals surface area contributed by atoms with Gasteiger partial charge in [-0.05, 0) is 0 Å². The molecule has 0 radical (unpaired) electrons. The molecule has 4 rings (SSSR count). The van der Waals surface area contributed by atoms with E-state index >= 15 is 0 Å². The van der Waals surface area contributed by atoms with E-state index in [-0.39, 0.29) is 30.2 Å². The minimum absolute atomic E-state index is 0. The molecule has 4 heteroatoms. The third kappa shape index (κ3) is 4.63. The number of hydrogen-bond acceptors (Lipinski definition) is 0. The fourth-order valence-corrected chi connectivity index (χ4v) is 26.8. The van der Waals surface area contributed by atoms with Crippen molar-refractivity contribution >= 4 is 11.0 Å². The third-order valence-electron chi connectivity index (χ3n) is 7.86. The summed E-state index contributed by atoms with van der Waals surface area (Å²) < 4.78 is 2.60. The van der Waals surface area contributed by atoms with E-state index in [2.05, 4.69) is 104 Å². The van der Waals surface area contributed by atoms with Gasteiger partial charge in [0.05, 0.1) is 0 Å². The summed E-state index contributed by atoms with van der Waals surface area (Å²) >= 11 is -2.00. The van der Waals surface area contributed by atoms with E-state index in [9.17, 15) is 0 Å². The van der Waals surface area contributed by atoms with Crippen molar-refractivity contribution in [3.05, 3.63) is 95.9 Å². The van der Waals surface area contributed by atoms with Crippen LogP contribution in [0.25, 0.3) is 5.57 Å². The summed E-state index contributed by atoms with van der Waals surface area (Å²) in [5.74, 6) is 0.649. The van der Waals surface area contributed by atoms with Crippen LogP contribution in [0.1, 0.15) is 66.1 Å². The first kappa shape index (κ1) is 28.6. The zero-order valence-corrected chi connectivity index (χ0v) is 26.4. The molecular formula is C29H36Cl2SiZr. The molecule has 0 heterocycles. The van der Waals surface area contributed by atoms with Crippen LogP contribution in [-0.2, 0) is 20.4 Å². The molecule has 0 aromatic heterocycles. The first-order chi connectivity index (χ1) is 14.7. The van der Waals surface area contributed by atoms with Crippen molar-refractivity contribution in [1.82, 2.24) is 0 Å². The molecule has 0 N–H and O–H groups in total. The summed E-state index contributed by atoms with van der Waals surface area (Å²) in [5.41, 5.74) is 15.3. The molecule has 0 amide bonds. The molecule has 0 saturated carbocycles. The van der Waals surface area contributed by atoms with Crippen LogP contribution in [0.5, 0.6) is 0 Å². The second-order valence-electron chi connectivity index (χ2n) is 9.83. The van der Waals surface area contributed by atoms with Gasteiger partial charge in [-0.1, -0.05) is 0 Å². The average Bonchev–Trinajstić information content (AvgIpc) is 3.15. The average molecular weight is 575 g/mol. The van der Waals surface area contributed by atoms with Crippen molar-refractivity contribution < 1.29 is 45.2 Å². The molecule has 2 aliphatic rings. The molecule has 174 valence electrons. The van der Waals surface area contributed by atoms with Crippen LogP contribution in [0.4, 0.5) is 0 Å². The maximum absolute atomic E-state index is 2.62. The Labute approximate surface area is 221 Å². The summed E-state index contributed by atoms with van der Waals surface area (Å²) in [6, 6.07) is 15.9. The van der Waals surface area contributed by atoms with Crippen LogP contribution in [0.3, 0.4) is 0 Å². The number of rotatable bonds is 3. The molecule has 0 bridgehead atoms. The van der Waals surface area contributed by atoms with Crippen molar-refractivity contribution in [3.63, 3.8) is 0 Å². The Balaban J connectivity index is 0.00000193. The molecule has 2 aromatic rings. The molecule has 2 atom stereocenters. The molecule has 0 fully saturated rings. The quantitative estimate of drug-likeness (QED) is 0.494. The number of halogens is 2. The van der Waals surface area contributed by atoms with Gasteiger partial charge >= 0.3 is 198 Å². The topological polar surface area (TPSA) is 0 Å². The van der Waals surface area contributed by atoms with Gasteiger partial charge in [-0.25, -0.2) is 0 Å². The number of aryl methyl sites for hydroxylation is 2. The minimum Gasteiger partial charge on any atom is -1.00 e. The predicted octanol–water partition coefficient (Wildman–Crippen LogP) is 2.32. The molecule has 2 aliphatic carbocycles. The van der Waals surface area contributed by atoms with Gasteiger partial charge in [-0.15, -0.1) is 0 Å². The molecule has 0 saturated heterocycles. The number of fused-ring (bicyclic) bond motifs is 1. The molecular weight excluding hydrogens is 539 g/mol. The predicted molar refractivity (Wildman–Crippen MR) is 135 cm³/mol. The molecule has 0 nitrogen and oxygen atoms in total. The van der Waals surface area contributed by atoms with E-state index in [0.29, 0.717) is 9.54 Å². The van der Waals surface area contributed by atoms with Gasteiger partial charge in [0.2, 0.25) is 0 Å². The van der Waals surface area contributed by atoms with Gasteiger partial charge in [0.25, 0.3) is 0 Å². The van der Waals surface area contributed by atoms with E-state index in [1.807, 2.05) is 3.28 Å². The number of allylic oxidation sites excluding steroid dienone is 5. The summed E-state index contributed by atoms with van der Waals surface area (Å²) in [6.45, 7) is 22.1. The maximum atomic E-state index is 2.62. The Morgan fingerprint density at radius 1 is 0.727 bits per heavy atom. The van der Waals surface area contributed by atoms with Crippen LogP contribution in [0.15, 0.2) is 68.0 Å². The first-order valence-corrected chi connectivity index (χ1v) is 20.4. The van der Waals surface area contributed by atoms with E-state index in [1.165, 1.54) is 22.3 Å². The van der Waals surface area contributed by atoms with Gasteiger partial charge in [0.1, 0.15) is 0 Å². The smallest absolute Gasteiger partial charge is 1.00 e. The fourth-order valence-electron chi connectivity index (χ4n) is 5.94. The summed E-state index contributed by atoms with van der Waals surface area (Å²) in [4.78, 5) is 0. The molecule has 0 aliphatic heterocycles. The Morgan fingerprint density at radius 3 is 1.82 bits per heavy atom. The van der Waals surface area contributed by atoms with E-state index in [4.69, 9.17) is 0 Å². The zero-order valence-electron chi connectivity index (χ0n) is 21.5. The zero-order chi connectivity index (χ0) is 22.6. The standard InChI is InChI=1S/C18H17.C9H13.C2H6Si.2ClH.Zr/c1-12-9-10-13(2)18-16(12)11-14(3)17(18)15-7-5-4-6-8-15;1-6-5-7(2)9(4)8(6)3;1-3-2;;;/h4-11H,1-3H3;6H,1-4H3;1-2H3;2*1H;/q;;;;;+2/p-2. The summed E-state index contributed by atoms with van der Waals surface area (Å²) in [5, 5.41) is 0. The van der Waals surface area contributed by atoms with Crippen LogP contribution >= 0.6 is 0 Å². The van der Waals surface area contributed by atoms with Crippen molar-refractivity contribution in [2.75, 3.05) is 0 Å². The maximum Gasteiger partial charge on any atom is -1.00 e.